The van der Waals surface area contributed by atoms with Crippen LogP contribution in [0.4, 0.5) is 8.78 Å². The molecule has 0 aliphatic heterocycles. The second kappa shape index (κ2) is 13.2. The third-order valence-electron chi connectivity index (χ3n) is 4.83. The van der Waals surface area contributed by atoms with Crippen LogP contribution in [0.25, 0.3) is 0 Å². The van der Waals surface area contributed by atoms with E-state index in [9.17, 15) is 9.13 Å². The highest BCUT2D eigenvalue weighted by molar-refractivity contribution is 7.53. The molecular weight excluding hydrogens is 516 g/mol. The topological polar surface area (TPSA) is 89.5 Å². The summed E-state index contributed by atoms with van der Waals surface area (Å²) in [7, 11) is -7.51. The SMILES string of the molecule is CCOP(=O)(COc1c(F)c(C(C)(C)C)c(F)c(C(C)(C)C)c1OCP(=O)(OCC)OCC)OCC. The third-order valence-corrected chi connectivity index (χ3v) is 8.33. The summed E-state index contributed by atoms with van der Waals surface area (Å²) in [5.74, 6) is -2.63. The van der Waals surface area contributed by atoms with E-state index >= 15 is 8.78 Å². The van der Waals surface area contributed by atoms with E-state index in [0.29, 0.717) is 0 Å². The monoisotopic (exact) mass is 558 g/mol. The highest BCUT2D eigenvalue weighted by Crippen LogP contribution is 2.54. The Morgan fingerprint density at radius 2 is 0.917 bits per heavy atom. The normalized spacial score (nSPS) is 13.2. The Labute approximate surface area is 214 Å². The number of hydrogen-bond donors (Lipinski definition) is 0. The summed E-state index contributed by atoms with van der Waals surface area (Å²) in [6.07, 6.45) is -1.26. The zero-order valence-electron chi connectivity index (χ0n) is 23.2. The van der Waals surface area contributed by atoms with Gasteiger partial charge in [0.1, 0.15) is 5.82 Å². The molecule has 0 spiro atoms. The first-order valence-electron chi connectivity index (χ1n) is 12.1. The lowest BCUT2D eigenvalue weighted by Crippen LogP contribution is -2.25. The van der Waals surface area contributed by atoms with Crippen LogP contribution in [0.15, 0.2) is 0 Å². The minimum absolute atomic E-state index is 0.00558. The van der Waals surface area contributed by atoms with Crippen LogP contribution in [0.2, 0.25) is 0 Å². The van der Waals surface area contributed by atoms with Crippen molar-refractivity contribution >= 4 is 15.2 Å². The molecule has 0 saturated heterocycles. The van der Waals surface area contributed by atoms with Gasteiger partial charge in [0.15, 0.2) is 30.0 Å². The molecule has 0 bridgehead atoms. The molecule has 0 aliphatic carbocycles. The first-order valence-corrected chi connectivity index (χ1v) is 15.5. The summed E-state index contributed by atoms with van der Waals surface area (Å²) >= 11 is 0. The second-order valence-corrected chi connectivity index (χ2v) is 14.0. The largest absolute Gasteiger partial charge is 0.477 e. The van der Waals surface area contributed by atoms with Crippen molar-refractivity contribution in [1.29, 1.82) is 0 Å². The number of ether oxygens (including phenoxy) is 2. The molecule has 0 N–H and O–H groups in total. The van der Waals surface area contributed by atoms with E-state index in [1.807, 2.05) is 0 Å². The van der Waals surface area contributed by atoms with E-state index in [-0.39, 0.29) is 43.3 Å². The van der Waals surface area contributed by atoms with Crippen molar-refractivity contribution in [3.05, 3.63) is 22.8 Å². The van der Waals surface area contributed by atoms with Gasteiger partial charge < -0.3 is 27.6 Å². The molecule has 0 amide bonds. The lowest BCUT2D eigenvalue weighted by molar-refractivity contribution is 0.184. The Bertz CT molecular complexity index is 951. The molecule has 1 aromatic rings. The van der Waals surface area contributed by atoms with Gasteiger partial charge >= 0.3 is 15.2 Å². The molecular formula is C24H42F2O8P2. The van der Waals surface area contributed by atoms with Crippen LogP contribution in [-0.4, -0.2) is 39.1 Å². The average Bonchev–Trinajstić information content (AvgIpc) is 2.70. The molecule has 8 nitrogen and oxygen atoms in total. The van der Waals surface area contributed by atoms with Crippen LogP contribution in [0.3, 0.4) is 0 Å². The summed E-state index contributed by atoms with van der Waals surface area (Å²) in [5, 5.41) is 0. The number of benzene rings is 1. The second-order valence-electron chi connectivity index (χ2n) is 9.98. The van der Waals surface area contributed by atoms with Crippen molar-refractivity contribution in [3.8, 4) is 11.5 Å². The summed E-state index contributed by atoms with van der Waals surface area (Å²) in [4.78, 5) is 0. The maximum absolute atomic E-state index is 16.0. The van der Waals surface area contributed by atoms with Crippen molar-refractivity contribution in [2.75, 3.05) is 39.1 Å². The van der Waals surface area contributed by atoms with Crippen LogP contribution >= 0.6 is 15.2 Å². The fourth-order valence-corrected chi connectivity index (χ4v) is 6.14. The number of hydrogen-bond acceptors (Lipinski definition) is 8. The number of rotatable bonds is 14. The van der Waals surface area contributed by atoms with Crippen molar-refractivity contribution < 1.29 is 45.5 Å². The fraction of sp³-hybridized carbons (Fsp3) is 0.750. The Hall–Kier alpha value is -1.02. The van der Waals surface area contributed by atoms with Gasteiger partial charge in [-0.05, 0) is 38.5 Å². The molecule has 0 saturated carbocycles. The molecule has 0 unspecified atom stereocenters. The Morgan fingerprint density at radius 3 is 1.22 bits per heavy atom. The maximum atomic E-state index is 16.0. The van der Waals surface area contributed by atoms with Gasteiger partial charge in [0.05, 0.1) is 26.4 Å². The van der Waals surface area contributed by atoms with Gasteiger partial charge in [0, 0.05) is 11.1 Å². The molecule has 0 fully saturated rings. The van der Waals surface area contributed by atoms with Gasteiger partial charge in [0.2, 0.25) is 0 Å². The van der Waals surface area contributed by atoms with E-state index in [4.69, 9.17) is 27.6 Å². The molecule has 0 heterocycles. The standard InChI is InChI=1S/C24H42F2O8P2/c1-11-31-35(27,32-12-2)15-29-21-18(24(8,9)10)19(25)17(23(5,6)7)20(26)22(21)30-16-36(28,33-13-3)34-14-4/h11-16H2,1-10H3. The molecule has 1 rings (SSSR count). The summed E-state index contributed by atoms with van der Waals surface area (Å²) in [6.45, 7) is 17.0. The third kappa shape index (κ3) is 8.50. The summed E-state index contributed by atoms with van der Waals surface area (Å²) in [5.41, 5.74) is -2.07. The first kappa shape index (κ1) is 33.0. The average molecular weight is 559 g/mol. The molecule has 1 aromatic carbocycles. The van der Waals surface area contributed by atoms with Crippen LogP contribution in [0.5, 0.6) is 11.5 Å². The zero-order valence-corrected chi connectivity index (χ0v) is 24.9. The van der Waals surface area contributed by atoms with Crippen LogP contribution < -0.4 is 9.47 Å². The van der Waals surface area contributed by atoms with E-state index < -0.39 is 56.1 Å². The van der Waals surface area contributed by atoms with Crippen molar-refractivity contribution in [3.63, 3.8) is 0 Å². The smallest absolute Gasteiger partial charge is 0.367 e. The van der Waals surface area contributed by atoms with E-state index in [0.717, 1.165) is 0 Å². The van der Waals surface area contributed by atoms with Gasteiger partial charge in [-0.3, -0.25) is 9.13 Å². The van der Waals surface area contributed by atoms with Gasteiger partial charge in [0.25, 0.3) is 0 Å². The van der Waals surface area contributed by atoms with Gasteiger partial charge in [-0.2, -0.15) is 0 Å². The quantitative estimate of drug-likeness (QED) is 0.214. The van der Waals surface area contributed by atoms with Crippen molar-refractivity contribution in [2.45, 2.75) is 80.1 Å². The zero-order chi connectivity index (χ0) is 27.9. The predicted octanol–water partition coefficient (Wildman–Crippen LogP) is 7.76. The number of halogens is 2. The maximum Gasteiger partial charge on any atom is 0.367 e. The van der Waals surface area contributed by atoms with Crippen LogP contribution in [-0.2, 0) is 38.1 Å². The molecule has 12 heteroatoms. The van der Waals surface area contributed by atoms with Gasteiger partial charge in [-0.1, -0.05) is 41.5 Å². The predicted molar refractivity (Wildman–Crippen MR) is 136 cm³/mol. The van der Waals surface area contributed by atoms with Gasteiger partial charge in [-0.25, -0.2) is 8.78 Å². The molecule has 0 aromatic heterocycles. The summed E-state index contributed by atoms with van der Waals surface area (Å²) in [6, 6.07) is 0. The minimum atomic E-state index is -3.76. The summed E-state index contributed by atoms with van der Waals surface area (Å²) < 4.78 is 90.6. The first-order chi connectivity index (χ1) is 16.5. The van der Waals surface area contributed by atoms with Crippen molar-refractivity contribution in [2.24, 2.45) is 0 Å². The molecule has 210 valence electrons. The van der Waals surface area contributed by atoms with E-state index in [2.05, 4.69) is 0 Å². The Balaban J connectivity index is 3.84. The van der Waals surface area contributed by atoms with E-state index in [1.54, 1.807) is 69.2 Å². The van der Waals surface area contributed by atoms with E-state index in [1.165, 1.54) is 0 Å². The Morgan fingerprint density at radius 1 is 0.583 bits per heavy atom. The Kier molecular flexibility index (Phi) is 12.1. The lowest BCUT2D eigenvalue weighted by Gasteiger charge is -2.31. The molecule has 0 atom stereocenters. The molecule has 36 heavy (non-hydrogen) atoms. The fourth-order valence-electron chi connectivity index (χ4n) is 3.54. The highest BCUT2D eigenvalue weighted by atomic mass is 31.2. The molecule has 0 radical (unpaired) electrons. The lowest BCUT2D eigenvalue weighted by atomic mass is 9.78. The van der Waals surface area contributed by atoms with Crippen molar-refractivity contribution in [1.82, 2.24) is 0 Å². The van der Waals surface area contributed by atoms with Crippen LogP contribution in [0, 0.1) is 11.6 Å². The van der Waals surface area contributed by atoms with Crippen LogP contribution in [0.1, 0.15) is 80.4 Å². The highest BCUT2D eigenvalue weighted by Gasteiger charge is 2.39. The molecule has 0 aliphatic rings. The van der Waals surface area contributed by atoms with Gasteiger partial charge in [-0.15, -0.1) is 0 Å². The minimum Gasteiger partial charge on any atom is -0.477 e.